The molecule has 1 amide bonds. The fraction of sp³-hybridized carbons (Fsp3) is 0.318. The molecule has 2 aliphatic rings. The number of fused-ring (bicyclic) bond motifs is 2. The molecule has 3 heterocycles. The van der Waals surface area contributed by atoms with Gasteiger partial charge in [-0.1, -0.05) is 30.3 Å². The van der Waals surface area contributed by atoms with Crippen molar-refractivity contribution in [3.63, 3.8) is 0 Å². The van der Waals surface area contributed by atoms with Crippen molar-refractivity contribution in [2.45, 2.75) is 13.0 Å². The molecular weight excluding hydrogens is 336 g/mol. The van der Waals surface area contributed by atoms with Gasteiger partial charge in [0.15, 0.2) is 0 Å². The van der Waals surface area contributed by atoms with E-state index >= 15 is 0 Å². The average Bonchev–Trinajstić information content (AvgIpc) is 3.28. The van der Waals surface area contributed by atoms with Crippen LogP contribution in [0.2, 0.25) is 0 Å². The number of carbonyl (C=O) groups is 1. The minimum Gasteiger partial charge on any atom is -0.338 e. The van der Waals surface area contributed by atoms with Crippen LogP contribution < -0.4 is 5.32 Å². The summed E-state index contributed by atoms with van der Waals surface area (Å²) in [6, 6.07) is 15.9. The number of hydrogen-bond donors (Lipinski definition) is 1. The molecule has 0 aliphatic carbocycles. The molecule has 27 heavy (non-hydrogen) atoms. The summed E-state index contributed by atoms with van der Waals surface area (Å²) in [6.45, 7) is 4.49. The summed E-state index contributed by atoms with van der Waals surface area (Å²) in [7, 11) is 0. The molecule has 2 aliphatic heterocycles. The molecule has 2 saturated heterocycles. The molecule has 3 unspecified atom stereocenters. The van der Waals surface area contributed by atoms with Crippen LogP contribution in [-0.2, 0) is 0 Å². The number of para-hydroxylation sites is 2. The highest BCUT2D eigenvalue weighted by Crippen LogP contribution is 2.39. The van der Waals surface area contributed by atoms with Gasteiger partial charge in [-0.25, -0.2) is 4.98 Å². The first-order valence-electron chi connectivity index (χ1n) is 9.50. The Kier molecular flexibility index (Phi) is 3.90. The van der Waals surface area contributed by atoms with E-state index < -0.39 is 0 Å². The third kappa shape index (κ3) is 2.79. The van der Waals surface area contributed by atoms with Gasteiger partial charge in [0.05, 0.1) is 29.0 Å². The van der Waals surface area contributed by atoms with Gasteiger partial charge in [-0.3, -0.25) is 9.78 Å². The Hall–Kier alpha value is -2.79. The Morgan fingerprint density at radius 2 is 1.85 bits per heavy atom. The lowest BCUT2D eigenvalue weighted by molar-refractivity contribution is 0.0778. The average molecular weight is 358 g/mol. The Bertz CT molecular complexity index is 1020. The first kappa shape index (κ1) is 16.4. The number of hydrogen-bond acceptors (Lipinski definition) is 4. The van der Waals surface area contributed by atoms with Crippen LogP contribution in [0.4, 0.5) is 0 Å². The molecule has 136 valence electrons. The van der Waals surface area contributed by atoms with Crippen LogP contribution in [0.3, 0.4) is 0 Å². The summed E-state index contributed by atoms with van der Waals surface area (Å²) in [5.41, 5.74) is 4.66. The van der Waals surface area contributed by atoms with Gasteiger partial charge in [-0.05, 0) is 36.6 Å². The second-order valence-electron chi connectivity index (χ2n) is 7.62. The first-order valence-corrected chi connectivity index (χ1v) is 9.50. The van der Waals surface area contributed by atoms with E-state index in [1.165, 1.54) is 0 Å². The van der Waals surface area contributed by atoms with E-state index in [-0.39, 0.29) is 11.9 Å². The van der Waals surface area contributed by atoms with Crippen molar-refractivity contribution in [1.29, 1.82) is 0 Å². The topological polar surface area (TPSA) is 58.1 Å². The van der Waals surface area contributed by atoms with Crippen molar-refractivity contribution in [3.8, 4) is 0 Å². The minimum atomic E-state index is 0.144. The molecule has 0 radical (unpaired) electrons. The van der Waals surface area contributed by atoms with Crippen LogP contribution in [0, 0.1) is 18.8 Å². The van der Waals surface area contributed by atoms with Crippen molar-refractivity contribution in [2.24, 2.45) is 11.8 Å². The number of likely N-dealkylation sites (tertiary alicyclic amines) is 1. The van der Waals surface area contributed by atoms with Crippen molar-refractivity contribution >= 4 is 16.9 Å². The van der Waals surface area contributed by atoms with E-state index in [2.05, 4.69) is 10.3 Å². The monoisotopic (exact) mass is 358 g/mol. The second-order valence-corrected chi connectivity index (χ2v) is 7.62. The molecular formula is C22H22N4O. The fourth-order valence-electron chi connectivity index (χ4n) is 4.51. The standard InChI is InChI=1S/C22H22N4O/c1-14-6-2-3-7-16(14)22(27)26-12-15-10-24-21(17(15)13-26)20-11-23-18-8-4-5-9-19(18)25-20/h2-9,11,15,17,21,24H,10,12-13H2,1H3. The van der Waals surface area contributed by atoms with Gasteiger partial charge >= 0.3 is 0 Å². The number of nitrogens with zero attached hydrogens (tertiary/aromatic N) is 3. The number of benzene rings is 2. The summed E-state index contributed by atoms with van der Waals surface area (Å²) >= 11 is 0. The summed E-state index contributed by atoms with van der Waals surface area (Å²) in [5, 5.41) is 3.61. The Balaban J connectivity index is 1.39. The molecule has 2 aromatic carbocycles. The number of amides is 1. The lowest BCUT2D eigenvalue weighted by atomic mass is 9.92. The summed E-state index contributed by atoms with van der Waals surface area (Å²) < 4.78 is 0. The summed E-state index contributed by atoms with van der Waals surface area (Å²) in [4.78, 5) is 24.4. The second kappa shape index (κ2) is 6.43. The van der Waals surface area contributed by atoms with Crippen LogP contribution in [0.25, 0.3) is 11.0 Å². The number of aromatic nitrogens is 2. The maximum Gasteiger partial charge on any atom is 0.254 e. The lowest BCUT2D eigenvalue weighted by Crippen LogP contribution is -2.33. The number of carbonyl (C=O) groups excluding carboxylic acids is 1. The predicted molar refractivity (Wildman–Crippen MR) is 104 cm³/mol. The van der Waals surface area contributed by atoms with E-state index in [0.717, 1.165) is 47.5 Å². The number of nitrogens with one attached hydrogen (secondary N) is 1. The van der Waals surface area contributed by atoms with Crippen molar-refractivity contribution < 1.29 is 4.79 Å². The normalized spacial score (nSPS) is 24.3. The quantitative estimate of drug-likeness (QED) is 0.765. The van der Waals surface area contributed by atoms with Gasteiger partial charge < -0.3 is 10.2 Å². The Morgan fingerprint density at radius 1 is 1.07 bits per heavy atom. The third-order valence-corrected chi connectivity index (χ3v) is 5.97. The minimum absolute atomic E-state index is 0.144. The zero-order valence-electron chi connectivity index (χ0n) is 15.3. The molecule has 3 atom stereocenters. The zero-order valence-corrected chi connectivity index (χ0v) is 15.3. The molecule has 5 heteroatoms. The highest BCUT2D eigenvalue weighted by atomic mass is 16.2. The molecule has 0 saturated carbocycles. The molecule has 0 spiro atoms. The van der Waals surface area contributed by atoms with Gasteiger partial charge in [0, 0.05) is 31.1 Å². The highest BCUT2D eigenvalue weighted by molar-refractivity contribution is 5.95. The van der Waals surface area contributed by atoms with Crippen LogP contribution in [0.1, 0.15) is 27.7 Å². The van der Waals surface area contributed by atoms with E-state index in [4.69, 9.17) is 4.98 Å². The van der Waals surface area contributed by atoms with Crippen molar-refractivity contribution in [3.05, 3.63) is 71.5 Å². The third-order valence-electron chi connectivity index (χ3n) is 5.97. The highest BCUT2D eigenvalue weighted by Gasteiger charge is 2.45. The number of aryl methyl sites for hydroxylation is 1. The van der Waals surface area contributed by atoms with Gasteiger partial charge in [0.25, 0.3) is 5.91 Å². The van der Waals surface area contributed by atoms with Gasteiger partial charge in [0.2, 0.25) is 0 Å². The number of rotatable bonds is 2. The maximum atomic E-state index is 13.0. The largest absolute Gasteiger partial charge is 0.338 e. The zero-order chi connectivity index (χ0) is 18.4. The van der Waals surface area contributed by atoms with Crippen molar-refractivity contribution in [1.82, 2.24) is 20.2 Å². The lowest BCUT2D eigenvalue weighted by Gasteiger charge is -2.21. The first-order chi connectivity index (χ1) is 13.2. The summed E-state index contributed by atoms with van der Waals surface area (Å²) in [6.07, 6.45) is 1.88. The molecule has 2 fully saturated rings. The van der Waals surface area contributed by atoms with Crippen LogP contribution >= 0.6 is 0 Å². The molecule has 3 aromatic rings. The predicted octanol–water partition coefficient (Wildman–Crippen LogP) is 2.97. The SMILES string of the molecule is Cc1ccccc1C(=O)N1CC2CNC(c3cnc4ccccc4n3)C2C1. The Labute approximate surface area is 158 Å². The molecule has 0 bridgehead atoms. The van der Waals surface area contributed by atoms with E-state index in [1.54, 1.807) is 0 Å². The van der Waals surface area contributed by atoms with Crippen LogP contribution in [0.5, 0.6) is 0 Å². The van der Waals surface area contributed by atoms with E-state index in [9.17, 15) is 4.79 Å². The van der Waals surface area contributed by atoms with Gasteiger partial charge in [0.1, 0.15) is 0 Å². The van der Waals surface area contributed by atoms with E-state index in [1.807, 2.05) is 66.6 Å². The molecule has 5 rings (SSSR count). The summed E-state index contributed by atoms with van der Waals surface area (Å²) in [5.74, 6) is 0.996. The molecule has 1 N–H and O–H groups in total. The van der Waals surface area contributed by atoms with Gasteiger partial charge in [-0.2, -0.15) is 0 Å². The molecule has 5 nitrogen and oxygen atoms in total. The van der Waals surface area contributed by atoms with E-state index in [0.29, 0.717) is 11.8 Å². The van der Waals surface area contributed by atoms with Crippen LogP contribution in [0.15, 0.2) is 54.7 Å². The van der Waals surface area contributed by atoms with Gasteiger partial charge in [-0.15, -0.1) is 0 Å². The maximum absolute atomic E-state index is 13.0. The van der Waals surface area contributed by atoms with Crippen molar-refractivity contribution in [2.75, 3.05) is 19.6 Å². The van der Waals surface area contributed by atoms with Crippen LogP contribution in [-0.4, -0.2) is 40.4 Å². The fourth-order valence-corrected chi connectivity index (χ4v) is 4.51. The Morgan fingerprint density at radius 3 is 2.70 bits per heavy atom. The smallest absolute Gasteiger partial charge is 0.254 e. The molecule has 1 aromatic heterocycles.